The molecule has 0 spiro atoms. The topological polar surface area (TPSA) is 34.2 Å². The van der Waals surface area contributed by atoms with Crippen LogP contribution < -0.4 is 5.32 Å². The Morgan fingerprint density at radius 3 is 2.53 bits per heavy atom. The van der Waals surface area contributed by atoms with Crippen LogP contribution in [0.4, 0.5) is 0 Å². The quantitative estimate of drug-likeness (QED) is 0.807. The Balaban J connectivity index is 2.08. The van der Waals surface area contributed by atoms with Crippen molar-refractivity contribution < 1.29 is 4.74 Å². The first-order chi connectivity index (χ1) is 7.23. The van der Waals surface area contributed by atoms with Gasteiger partial charge >= 0.3 is 0 Å². The second-order valence-corrected chi connectivity index (χ2v) is 4.54. The van der Waals surface area contributed by atoms with Crippen LogP contribution in [0.1, 0.15) is 19.4 Å². The Kier molecular flexibility index (Phi) is 3.03. The molecule has 0 amide bonds. The number of hydrogen-bond acceptors (Lipinski definition) is 3. The predicted octanol–water partition coefficient (Wildman–Crippen LogP) is 1.35. The average molecular weight is 206 g/mol. The number of nitrogens with zero attached hydrogens (tertiary/aromatic N) is 1. The average Bonchev–Trinajstić information content (AvgIpc) is 2.17. The standard InChI is InChI=1S/C12H18N2O/c1-10(2)14-7-12(8-15-9-12)11-3-5-13-6-4-11/h3-6,10,14H,7-9H2,1-2H3. The fourth-order valence-electron chi connectivity index (χ4n) is 1.82. The van der Waals surface area contributed by atoms with E-state index >= 15 is 0 Å². The highest BCUT2D eigenvalue weighted by atomic mass is 16.5. The van der Waals surface area contributed by atoms with Crippen LogP contribution in [0, 0.1) is 0 Å². The number of nitrogens with one attached hydrogen (secondary N) is 1. The number of rotatable bonds is 4. The van der Waals surface area contributed by atoms with Crippen LogP contribution >= 0.6 is 0 Å². The number of ether oxygens (including phenoxy) is 1. The van der Waals surface area contributed by atoms with Gasteiger partial charge in [0.25, 0.3) is 0 Å². The van der Waals surface area contributed by atoms with Crippen molar-refractivity contribution in [2.45, 2.75) is 25.3 Å². The molecule has 1 aromatic heterocycles. The maximum Gasteiger partial charge on any atom is 0.0598 e. The molecule has 0 aromatic carbocycles. The highest BCUT2D eigenvalue weighted by Crippen LogP contribution is 2.31. The van der Waals surface area contributed by atoms with Crippen molar-refractivity contribution in [3.63, 3.8) is 0 Å². The summed E-state index contributed by atoms with van der Waals surface area (Å²) >= 11 is 0. The normalized spacial score (nSPS) is 18.9. The van der Waals surface area contributed by atoms with Crippen LogP contribution in [0.15, 0.2) is 24.5 Å². The Bertz CT molecular complexity index is 307. The van der Waals surface area contributed by atoms with Gasteiger partial charge in [-0.05, 0) is 17.7 Å². The van der Waals surface area contributed by atoms with E-state index in [-0.39, 0.29) is 5.41 Å². The number of hydrogen-bond donors (Lipinski definition) is 1. The van der Waals surface area contributed by atoms with Crippen molar-refractivity contribution in [3.8, 4) is 0 Å². The zero-order chi connectivity index (χ0) is 10.7. The maximum absolute atomic E-state index is 5.36. The molecule has 0 bridgehead atoms. The molecular formula is C12H18N2O. The van der Waals surface area contributed by atoms with E-state index in [9.17, 15) is 0 Å². The van der Waals surface area contributed by atoms with Gasteiger partial charge in [-0.3, -0.25) is 4.98 Å². The van der Waals surface area contributed by atoms with Crippen molar-refractivity contribution >= 4 is 0 Å². The molecule has 82 valence electrons. The summed E-state index contributed by atoms with van der Waals surface area (Å²) < 4.78 is 5.36. The molecule has 0 aliphatic carbocycles. The third-order valence-electron chi connectivity index (χ3n) is 2.90. The third-order valence-corrected chi connectivity index (χ3v) is 2.90. The highest BCUT2D eigenvalue weighted by molar-refractivity contribution is 5.26. The molecule has 0 radical (unpaired) electrons. The molecule has 0 atom stereocenters. The van der Waals surface area contributed by atoms with E-state index in [1.807, 2.05) is 12.4 Å². The van der Waals surface area contributed by atoms with Gasteiger partial charge in [0.05, 0.1) is 18.6 Å². The molecule has 1 saturated heterocycles. The molecule has 1 aliphatic heterocycles. The fraction of sp³-hybridized carbons (Fsp3) is 0.583. The third kappa shape index (κ3) is 2.19. The summed E-state index contributed by atoms with van der Waals surface area (Å²) in [6.07, 6.45) is 3.70. The lowest BCUT2D eigenvalue weighted by molar-refractivity contribution is -0.0597. The summed E-state index contributed by atoms with van der Waals surface area (Å²) in [5.74, 6) is 0. The minimum atomic E-state index is 0.174. The van der Waals surface area contributed by atoms with E-state index in [1.165, 1.54) is 5.56 Å². The lowest BCUT2D eigenvalue weighted by Crippen LogP contribution is -2.54. The van der Waals surface area contributed by atoms with Crippen molar-refractivity contribution in [2.24, 2.45) is 0 Å². The zero-order valence-electron chi connectivity index (χ0n) is 9.36. The van der Waals surface area contributed by atoms with E-state index < -0.39 is 0 Å². The van der Waals surface area contributed by atoms with Gasteiger partial charge in [0.1, 0.15) is 0 Å². The van der Waals surface area contributed by atoms with Gasteiger partial charge in [0.15, 0.2) is 0 Å². The Labute approximate surface area is 90.9 Å². The zero-order valence-corrected chi connectivity index (χ0v) is 9.36. The van der Waals surface area contributed by atoms with Crippen LogP contribution in [0.3, 0.4) is 0 Å². The van der Waals surface area contributed by atoms with Crippen LogP contribution in [0.5, 0.6) is 0 Å². The SMILES string of the molecule is CC(C)NCC1(c2ccncc2)COC1. The first-order valence-electron chi connectivity index (χ1n) is 5.45. The lowest BCUT2D eigenvalue weighted by atomic mass is 9.79. The minimum Gasteiger partial charge on any atom is -0.379 e. The monoisotopic (exact) mass is 206 g/mol. The van der Waals surface area contributed by atoms with Crippen LogP contribution in [-0.4, -0.2) is 30.8 Å². The molecule has 0 saturated carbocycles. The predicted molar refractivity (Wildman–Crippen MR) is 59.9 cm³/mol. The van der Waals surface area contributed by atoms with Gasteiger partial charge in [-0.15, -0.1) is 0 Å². The Hall–Kier alpha value is -0.930. The van der Waals surface area contributed by atoms with Gasteiger partial charge in [-0.1, -0.05) is 13.8 Å². The summed E-state index contributed by atoms with van der Waals surface area (Å²) in [5, 5.41) is 3.49. The summed E-state index contributed by atoms with van der Waals surface area (Å²) in [6.45, 7) is 6.95. The van der Waals surface area contributed by atoms with E-state index in [1.54, 1.807) is 0 Å². The van der Waals surface area contributed by atoms with E-state index in [2.05, 4.69) is 36.3 Å². The molecule has 3 heteroatoms. The minimum absolute atomic E-state index is 0.174. The molecule has 1 aliphatic rings. The molecule has 2 rings (SSSR count). The van der Waals surface area contributed by atoms with E-state index in [4.69, 9.17) is 4.74 Å². The van der Waals surface area contributed by atoms with E-state index in [0.717, 1.165) is 19.8 Å². The summed E-state index contributed by atoms with van der Waals surface area (Å²) in [5.41, 5.74) is 1.50. The second kappa shape index (κ2) is 4.29. The second-order valence-electron chi connectivity index (χ2n) is 4.54. The first-order valence-corrected chi connectivity index (χ1v) is 5.45. The molecule has 1 fully saturated rings. The van der Waals surface area contributed by atoms with E-state index in [0.29, 0.717) is 6.04 Å². The largest absolute Gasteiger partial charge is 0.379 e. The van der Waals surface area contributed by atoms with Gasteiger partial charge < -0.3 is 10.1 Å². The lowest BCUT2D eigenvalue weighted by Gasteiger charge is -2.42. The highest BCUT2D eigenvalue weighted by Gasteiger charge is 2.39. The van der Waals surface area contributed by atoms with Crippen LogP contribution in [0.25, 0.3) is 0 Å². The van der Waals surface area contributed by atoms with Gasteiger partial charge in [0.2, 0.25) is 0 Å². The number of aromatic nitrogens is 1. The summed E-state index contributed by atoms with van der Waals surface area (Å²) in [6, 6.07) is 4.69. The first kappa shape index (κ1) is 10.6. The van der Waals surface area contributed by atoms with Crippen molar-refractivity contribution in [1.82, 2.24) is 10.3 Å². The van der Waals surface area contributed by atoms with Crippen molar-refractivity contribution in [1.29, 1.82) is 0 Å². The van der Waals surface area contributed by atoms with Crippen LogP contribution in [0.2, 0.25) is 0 Å². The maximum atomic E-state index is 5.36. The van der Waals surface area contributed by atoms with Gasteiger partial charge in [0, 0.05) is 25.0 Å². The molecule has 1 N–H and O–H groups in total. The number of pyridine rings is 1. The molecule has 0 unspecified atom stereocenters. The molecule has 1 aromatic rings. The molecule has 2 heterocycles. The molecular weight excluding hydrogens is 188 g/mol. The smallest absolute Gasteiger partial charge is 0.0598 e. The van der Waals surface area contributed by atoms with Crippen molar-refractivity contribution in [2.75, 3.05) is 19.8 Å². The molecule has 3 nitrogen and oxygen atoms in total. The summed E-state index contributed by atoms with van der Waals surface area (Å²) in [7, 11) is 0. The molecule has 15 heavy (non-hydrogen) atoms. The van der Waals surface area contributed by atoms with Crippen molar-refractivity contribution in [3.05, 3.63) is 30.1 Å². The Morgan fingerprint density at radius 2 is 2.07 bits per heavy atom. The summed E-state index contributed by atoms with van der Waals surface area (Å²) in [4.78, 5) is 4.05. The van der Waals surface area contributed by atoms with Gasteiger partial charge in [-0.2, -0.15) is 0 Å². The van der Waals surface area contributed by atoms with Crippen LogP contribution in [-0.2, 0) is 10.2 Å². The van der Waals surface area contributed by atoms with Gasteiger partial charge in [-0.25, -0.2) is 0 Å². The Morgan fingerprint density at radius 1 is 1.40 bits per heavy atom. The fourth-order valence-corrected chi connectivity index (χ4v) is 1.82.